The van der Waals surface area contributed by atoms with Gasteiger partial charge in [0.15, 0.2) is 0 Å². The number of amides is 1. The van der Waals surface area contributed by atoms with Gasteiger partial charge < -0.3 is 15.2 Å². The lowest BCUT2D eigenvalue weighted by atomic mass is 9.99. The minimum atomic E-state index is -0.102. The average Bonchev–Trinajstić information content (AvgIpc) is 2.69. The molecule has 1 amide bonds. The van der Waals surface area contributed by atoms with Crippen molar-refractivity contribution >= 4 is 34.4 Å². The summed E-state index contributed by atoms with van der Waals surface area (Å²) in [5, 5.41) is 3.95. The monoisotopic (exact) mass is 385 g/mol. The fourth-order valence-electron chi connectivity index (χ4n) is 3.78. The topological polar surface area (TPSA) is 82.3 Å². The van der Waals surface area contributed by atoms with Gasteiger partial charge in [-0.15, -0.1) is 0 Å². The number of H-pyrrole nitrogens is 1. The van der Waals surface area contributed by atoms with E-state index in [-0.39, 0.29) is 11.5 Å². The highest BCUT2D eigenvalue weighted by molar-refractivity contribution is 7.98. The maximum Gasteiger partial charge on any atom is 0.252 e. The number of aryl methyl sites for hydroxylation is 1. The molecule has 0 bridgehead atoms. The first-order valence-electron chi connectivity index (χ1n) is 9.39. The lowest BCUT2D eigenvalue weighted by Crippen LogP contribution is -2.39. The summed E-state index contributed by atoms with van der Waals surface area (Å²) < 4.78 is 0. The van der Waals surface area contributed by atoms with E-state index in [0.29, 0.717) is 30.7 Å². The highest BCUT2D eigenvalue weighted by Gasteiger charge is 2.18. The zero-order chi connectivity index (χ0) is 18.8. The van der Waals surface area contributed by atoms with Gasteiger partial charge in [-0.3, -0.25) is 14.4 Å². The SMILES string of the molecule is O=C1CCN(CCNC(=O)c2ccc3[nH]c(=O)c4c(c3c2)CCSC4)CC1. The van der Waals surface area contributed by atoms with Gasteiger partial charge in [-0.1, -0.05) is 0 Å². The van der Waals surface area contributed by atoms with Crippen molar-refractivity contribution in [3.05, 3.63) is 45.2 Å². The molecule has 3 heterocycles. The van der Waals surface area contributed by atoms with Crippen molar-refractivity contribution in [2.24, 2.45) is 0 Å². The summed E-state index contributed by atoms with van der Waals surface area (Å²) in [7, 11) is 0. The van der Waals surface area contributed by atoms with Crippen molar-refractivity contribution < 1.29 is 9.59 Å². The van der Waals surface area contributed by atoms with Gasteiger partial charge in [0, 0.05) is 66.8 Å². The van der Waals surface area contributed by atoms with Gasteiger partial charge in [0.2, 0.25) is 0 Å². The Balaban J connectivity index is 1.46. The van der Waals surface area contributed by atoms with Crippen molar-refractivity contribution in [2.75, 3.05) is 31.9 Å². The maximum atomic E-state index is 12.6. The Morgan fingerprint density at radius 3 is 2.78 bits per heavy atom. The molecule has 2 aliphatic heterocycles. The third kappa shape index (κ3) is 3.94. The number of hydrogen-bond donors (Lipinski definition) is 2. The Kier molecular flexibility index (Phi) is 5.31. The number of pyridine rings is 1. The van der Waals surface area contributed by atoms with Crippen LogP contribution in [0.4, 0.5) is 0 Å². The highest BCUT2D eigenvalue weighted by atomic mass is 32.2. The largest absolute Gasteiger partial charge is 0.351 e. The normalized spacial score (nSPS) is 17.7. The minimum Gasteiger partial charge on any atom is -0.351 e. The Hall–Kier alpha value is -2.12. The Morgan fingerprint density at radius 1 is 1.15 bits per heavy atom. The molecule has 1 aromatic carbocycles. The second-order valence-corrected chi connectivity index (χ2v) is 8.22. The molecule has 1 saturated heterocycles. The number of ketones is 1. The molecular weight excluding hydrogens is 362 g/mol. The van der Waals surface area contributed by atoms with Gasteiger partial charge in [-0.25, -0.2) is 0 Å². The predicted molar refractivity (Wildman–Crippen MR) is 107 cm³/mol. The molecule has 0 atom stereocenters. The molecule has 2 aliphatic rings. The smallest absolute Gasteiger partial charge is 0.252 e. The molecule has 4 rings (SSSR count). The number of carbonyl (C=O) groups excluding carboxylic acids is 2. The van der Waals surface area contributed by atoms with E-state index in [2.05, 4.69) is 15.2 Å². The van der Waals surface area contributed by atoms with E-state index in [1.807, 2.05) is 12.1 Å². The molecule has 0 unspecified atom stereocenters. The van der Waals surface area contributed by atoms with Crippen molar-refractivity contribution in [3.63, 3.8) is 0 Å². The van der Waals surface area contributed by atoms with Crippen LogP contribution < -0.4 is 10.9 Å². The van der Waals surface area contributed by atoms with Gasteiger partial charge in [0.1, 0.15) is 5.78 Å². The summed E-state index contributed by atoms with van der Waals surface area (Å²) in [5.41, 5.74) is 3.32. The van der Waals surface area contributed by atoms with E-state index in [4.69, 9.17) is 0 Å². The lowest BCUT2D eigenvalue weighted by molar-refractivity contribution is -0.121. The minimum absolute atomic E-state index is 0.0121. The van der Waals surface area contributed by atoms with Gasteiger partial charge in [0.05, 0.1) is 0 Å². The van der Waals surface area contributed by atoms with Crippen LogP contribution in [0.25, 0.3) is 10.9 Å². The van der Waals surface area contributed by atoms with Crippen LogP contribution in [-0.2, 0) is 17.0 Å². The fraction of sp³-hybridized carbons (Fsp3) is 0.450. The van der Waals surface area contributed by atoms with E-state index in [9.17, 15) is 14.4 Å². The fourth-order valence-corrected chi connectivity index (χ4v) is 4.79. The van der Waals surface area contributed by atoms with Crippen molar-refractivity contribution in [1.29, 1.82) is 0 Å². The summed E-state index contributed by atoms with van der Waals surface area (Å²) in [4.78, 5) is 41.2. The number of piperidine rings is 1. The van der Waals surface area contributed by atoms with Crippen LogP contribution >= 0.6 is 11.8 Å². The van der Waals surface area contributed by atoms with Crippen LogP contribution in [0.3, 0.4) is 0 Å². The number of benzene rings is 1. The standard InChI is InChI=1S/C20H23N3O3S/c24-14-3-7-23(8-4-14)9-6-21-19(25)13-1-2-18-16(11-13)15-5-10-27-12-17(15)20(26)22-18/h1-2,11H,3-10,12H2,(H,21,25)(H,22,26). The molecule has 6 nitrogen and oxygen atoms in total. The summed E-state index contributed by atoms with van der Waals surface area (Å²) in [6.07, 6.45) is 2.08. The maximum absolute atomic E-state index is 12.6. The second kappa shape index (κ2) is 7.86. The zero-order valence-electron chi connectivity index (χ0n) is 15.2. The molecule has 1 aromatic heterocycles. The molecule has 0 saturated carbocycles. The number of nitrogens with one attached hydrogen (secondary N) is 2. The first-order valence-corrected chi connectivity index (χ1v) is 10.5. The number of aromatic amines is 1. The summed E-state index contributed by atoms with van der Waals surface area (Å²) in [5.74, 6) is 1.96. The zero-order valence-corrected chi connectivity index (χ0v) is 16.0. The van der Waals surface area contributed by atoms with Gasteiger partial charge in [-0.05, 0) is 35.9 Å². The number of nitrogens with zero attached hydrogens (tertiary/aromatic N) is 1. The van der Waals surface area contributed by atoms with Crippen LogP contribution in [0.15, 0.2) is 23.0 Å². The van der Waals surface area contributed by atoms with Crippen LogP contribution in [-0.4, -0.2) is 53.5 Å². The number of Topliss-reactive ketones (excluding diaryl/α,β-unsaturated/α-hetero) is 1. The Bertz CT molecular complexity index is 943. The van der Waals surface area contributed by atoms with Gasteiger partial charge >= 0.3 is 0 Å². The number of hydrogen-bond acceptors (Lipinski definition) is 5. The van der Waals surface area contributed by atoms with E-state index >= 15 is 0 Å². The Morgan fingerprint density at radius 2 is 1.96 bits per heavy atom. The number of carbonyl (C=O) groups is 2. The molecule has 0 radical (unpaired) electrons. The molecule has 2 aromatic rings. The number of fused-ring (bicyclic) bond motifs is 3. The summed E-state index contributed by atoms with van der Waals surface area (Å²) in [6, 6.07) is 5.48. The molecule has 0 aliphatic carbocycles. The number of aromatic nitrogens is 1. The average molecular weight is 385 g/mol. The van der Waals surface area contributed by atoms with Crippen molar-refractivity contribution in [3.8, 4) is 0 Å². The second-order valence-electron chi connectivity index (χ2n) is 7.11. The van der Waals surface area contributed by atoms with Crippen molar-refractivity contribution in [1.82, 2.24) is 15.2 Å². The van der Waals surface area contributed by atoms with E-state index in [1.54, 1.807) is 17.8 Å². The molecule has 2 N–H and O–H groups in total. The van der Waals surface area contributed by atoms with Gasteiger partial charge in [0.25, 0.3) is 11.5 Å². The molecular formula is C20H23N3O3S. The summed E-state index contributed by atoms with van der Waals surface area (Å²) >= 11 is 1.77. The predicted octanol–water partition coefficient (Wildman–Crippen LogP) is 1.71. The third-order valence-electron chi connectivity index (χ3n) is 5.36. The van der Waals surface area contributed by atoms with Crippen LogP contribution in [0, 0.1) is 0 Å². The van der Waals surface area contributed by atoms with Crippen LogP contribution in [0.2, 0.25) is 0 Å². The molecule has 27 heavy (non-hydrogen) atoms. The molecule has 142 valence electrons. The molecule has 0 spiro atoms. The lowest BCUT2D eigenvalue weighted by Gasteiger charge is -2.25. The van der Waals surface area contributed by atoms with E-state index in [1.165, 1.54) is 0 Å². The highest BCUT2D eigenvalue weighted by Crippen LogP contribution is 2.28. The van der Waals surface area contributed by atoms with Crippen LogP contribution in [0.1, 0.15) is 34.3 Å². The van der Waals surface area contributed by atoms with E-state index < -0.39 is 0 Å². The Labute approximate surface area is 161 Å². The van der Waals surface area contributed by atoms with Gasteiger partial charge in [-0.2, -0.15) is 11.8 Å². The number of rotatable bonds is 4. The number of likely N-dealkylation sites (tertiary alicyclic amines) is 1. The third-order valence-corrected chi connectivity index (χ3v) is 6.35. The van der Waals surface area contributed by atoms with Crippen LogP contribution in [0.5, 0.6) is 0 Å². The van der Waals surface area contributed by atoms with E-state index in [0.717, 1.165) is 59.6 Å². The number of thioether (sulfide) groups is 1. The quantitative estimate of drug-likeness (QED) is 0.837. The molecule has 7 heteroatoms. The first kappa shape index (κ1) is 18.3. The summed E-state index contributed by atoms with van der Waals surface area (Å²) in [6.45, 7) is 2.88. The molecule has 1 fully saturated rings. The van der Waals surface area contributed by atoms with Crippen molar-refractivity contribution in [2.45, 2.75) is 25.0 Å². The first-order chi connectivity index (χ1) is 13.1.